The molecule has 0 saturated carbocycles. The van der Waals surface area contributed by atoms with E-state index in [1.807, 2.05) is 42.5 Å². The summed E-state index contributed by atoms with van der Waals surface area (Å²) in [6, 6.07) is 13.8. The van der Waals surface area contributed by atoms with E-state index in [0.717, 1.165) is 40.8 Å². The zero-order chi connectivity index (χ0) is 16.2. The summed E-state index contributed by atoms with van der Waals surface area (Å²) in [5.41, 5.74) is 3.77. The monoisotopic (exact) mass is 311 g/mol. The van der Waals surface area contributed by atoms with Crippen LogP contribution in [-0.2, 0) is 11.3 Å². The number of aryl methyl sites for hydroxylation is 1. The average Bonchev–Trinajstić information content (AvgIpc) is 2.57. The highest BCUT2D eigenvalue weighted by molar-refractivity contribution is 5.85. The Morgan fingerprint density at radius 1 is 1.13 bits per heavy atom. The summed E-state index contributed by atoms with van der Waals surface area (Å²) >= 11 is 0. The Morgan fingerprint density at radius 2 is 1.91 bits per heavy atom. The second kappa shape index (κ2) is 6.60. The molecule has 0 aliphatic rings. The number of nitrogens with zero attached hydrogens (tertiary/aromatic N) is 2. The van der Waals surface area contributed by atoms with Crippen molar-refractivity contribution in [2.24, 2.45) is 0 Å². The van der Waals surface area contributed by atoms with Crippen molar-refractivity contribution in [2.75, 3.05) is 7.11 Å². The van der Waals surface area contributed by atoms with Crippen LogP contribution in [0.2, 0.25) is 0 Å². The second-order valence-corrected chi connectivity index (χ2v) is 5.43. The van der Waals surface area contributed by atoms with E-state index in [-0.39, 0.29) is 6.42 Å². The Hall–Kier alpha value is -2.69. The molecular formula is C18H19N2O3+. The molecule has 0 bridgehead atoms. The SMILES string of the molecule is COc1cccc2c1nc1ccccc1[n+]2CCCCC(=O)O. The van der Waals surface area contributed by atoms with E-state index < -0.39 is 5.97 Å². The molecule has 0 radical (unpaired) electrons. The number of hydrogen-bond donors (Lipinski definition) is 1. The maximum Gasteiger partial charge on any atom is 0.303 e. The third-order valence-electron chi connectivity index (χ3n) is 3.92. The number of benzene rings is 2. The lowest BCUT2D eigenvalue weighted by Crippen LogP contribution is -2.36. The van der Waals surface area contributed by atoms with Crippen LogP contribution in [0.3, 0.4) is 0 Å². The third-order valence-corrected chi connectivity index (χ3v) is 3.92. The zero-order valence-electron chi connectivity index (χ0n) is 13.0. The number of carboxylic acids is 1. The molecule has 23 heavy (non-hydrogen) atoms. The van der Waals surface area contributed by atoms with Crippen LogP contribution in [0.1, 0.15) is 19.3 Å². The van der Waals surface area contributed by atoms with Gasteiger partial charge in [0.15, 0.2) is 11.3 Å². The lowest BCUT2D eigenvalue weighted by molar-refractivity contribution is -0.646. The summed E-state index contributed by atoms with van der Waals surface area (Å²) in [4.78, 5) is 15.4. The first-order chi connectivity index (χ1) is 11.2. The Labute approximate surface area is 134 Å². The quantitative estimate of drug-likeness (QED) is 0.432. The first-order valence-electron chi connectivity index (χ1n) is 7.68. The zero-order valence-corrected chi connectivity index (χ0v) is 13.0. The number of aromatic nitrogens is 2. The molecule has 5 heteroatoms. The standard InChI is InChI=1S/C18H18N2O3/c1-23-16-10-6-9-15-18(16)19-13-7-2-3-8-14(13)20(15)12-5-4-11-17(21)22/h2-3,6-10H,4-5,11-12H2,1H3/p+1. The van der Waals surface area contributed by atoms with Gasteiger partial charge in [0.25, 0.3) is 0 Å². The van der Waals surface area contributed by atoms with E-state index in [0.29, 0.717) is 6.42 Å². The van der Waals surface area contributed by atoms with E-state index in [9.17, 15) is 4.79 Å². The average molecular weight is 311 g/mol. The van der Waals surface area contributed by atoms with E-state index in [4.69, 9.17) is 14.8 Å². The summed E-state index contributed by atoms with van der Waals surface area (Å²) in [5.74, 6) is -0.00588. The molecule has 0 unspecified atom stereocenters. The molecule has 3 rings (SSSR count). The molecule has 2 aromatic carbocycles. The molecule has 1 aromatic heterocycles. The number of fused-ring (bicyclic) bond motifs is 2. The highest BCUT2D eigenvalue weighted by Crippen LogP contribution is 2.23. The fraction of sp³-hybridized carbons (Fsp3) is 0.278. The number of unbranched alkanes of at least 4 members (excludes halogenated alkanes) is 1. The second-order valence-electron chi connectivity index (χ2n) is 5.43. The highest BCUT2D eigenvalue weighted by Gasteiger charge is 2.18. The minimum absolute atomic E-state index is 0.199. The van der Waals surface area contributed by atoms with Crippen molar-refractivity contribution in [3.8, 4) is 5.75 Å². The predicted molar refractivity (Wildman–Crippen MR) is 87.5 cm³/mol. The van der Waals surface area contributed by atoms with Gasteiger partial charge in [0.05, 0.1) is 7.11 Å². The molecule has 0 fully saturated rings. The molecule has 0 saturated heterocycles. The van der Waals surface area contributed by atoms with Crippen molar-refractivity contribution >= 4 is 28.0 Å². The van der Waals surface area contributed by atoms with Crippen LogP contribution in [0, 0.1) is 0 Å². The number of carbonyl (C=O) groups is 1. The predicted octanol–water partition coefficient (Wildman–Crippen LogP) is 2.94. The molecule has 118 valence electrons. The minimum Gasteiger partial charge on any atom is -0.494 e. The number of rotatable bonds is 6. The summed E-state index contributed by atoms with van der Waals surface area (Å²) in [6.45, 7) is 0.750. The molecule has 5 nitrogen and oxygen atoms in total. The largest absolute Gasteiger partial charge is 0.494 e. The van der Waals surface area contributed by atoms with Crippen LogP contribution < -0.4 is 9.30 Å². The molecule has 1 N–H and O–H groups in total. The maximum absolute atomic E-state index is 10.7. The third kappa shape index (κ3) is 3.08. The van der Waals surface area contributed by atoms with Gasteiger partial charge >= 0.3 is 5.97 Å². The van der Waals surface area contributed by atoms with Gasteiger partial charge in [0.1, 0.15) is 12.1 Å². The van der Waals surface area contributed by atoms with Crippen molar-refractivity contribution < 1.29 is 19.2 Å². The molecule has 0 atom stereocenters. The Balaban J connectivity index is 2.09. The van der Waals surface area contributed by atoms with Crippen molar-refractivity contribution in [3.63, 3.8) is 0 Å². The fourth-order valence-corrected chi connectivity index (χ4v) is 2.83. The van der Waals surface area contributed by atoms with Gasteiger partial charge in [-0.1, -0.05) is 18.2 Å². The van der Waals surface area contributed by atoms with Crippen molar-refractivity contribution in [3.05, 3.63) is 42.5 Å². The summed E-state index contributed by atoms with van der Waals surface area (Å²) < 4.78 is 7.63. The summed E-state index contributed by atoms with van der Waals surface area (Å²) in [7, 11) is 1.64. The van der Waals surface area contributed by atoms with Gasteiger partial charge in [-0.2, -0.15) is 4.57 Å². The van der Waals surface area contributed by atoms with Gasteiger partial charge in [-0.05, 0) is 18.6 Å². The smallest absolute Gasteiger partial charge is 0.303 e. The lowest BCUT2D eigenvalue weighted by atomic mass is 10.2. The molecule has 1 heterocycles. The van der Waals surface area contributed by atoms with Gasteiger partial charge in [-0.25, -0.2) is 4.98 Å². The lowest BCUT2D eigenvalue weighted by Gasteiger charge is -2.07. The molecule has 0 spiro atoms. The number of carboxylic acid groups (broad SMARTS) is 1. The Morgan fingerprint density at radius 3 is 2.70 bits per heavy atom. The van der Waals surface area contributed by atoms with Crippen molar-refractivity contribution in [2.45, 2.75) is 25.8 Å². The van der Waals surface area contributed by atoms with E-state index >= 15 is 0 Å². The molecule has 3 aromatic rings. The number of ether oxygens (including phenoxy) is 1. The Bertz CT molecular complexity index is 861. The maximum atomic E-state index is 10.7. The van der Waals surface area contributed by atoms with Crippen LogP contribution in [0.5, 0.6) is 5.75 Å². The first kappa shape index (κ1) is 15.2. The van der Waals surface area contributed by atoms with Crippen molar-refractivity contribution in [1.29, 1.82) is 0 Å². The highest BCUT2D eigenvalue weighted by atomic mass is 16.5. The molecular weight excluding hydrogens is 292 g/mol. The molecule has 0 aliphatic carbocycles. The van der Waals surface area contributed by atoms with E-state index in [1.54, 1.807) is 7.11 Å². The Kier molecular flexibility index (Phi) is 4.37. The van der Waals surface area contributed by atoms with Crippen LogP contribution in [0.4, 0.5) is 0 Å². The van der Waals surface area contributed by atoms with Crippen molar-refractivity contribution in [1.82, 2.24) is 4.98 Å². The van der Waals surface area contributed by atoms with Gasteiger partial charge in [-0.3, -0.25) is 4.79 Å². The summed E-state index contributed by atoms with van der Waals surface area (Å²) in [6.07, 6.45) is 1.66. The van der Waals surface area contributed by atoms with Crippen LogP contribution in [0.25, 0.3) is 22.1 Å². The van der Waals surface area contributed by atoms with E-state index in [2.05, 4.69) is 4.57 Å². The number of hydrogen-bond acceptors (Lipinski definition) is 3. The summed E-state index contributed by atoms with van der Waals surface area (Å²) in [5, 5.41) is 8.79. The van der Waals surface area contributed by atoms with Gasteiger partial charge in [0, 0.05) is 25.0 Å². The molecule has 0 amide bonds. The first-order valence-corrected chi connectivity index (χ1v) is 7.68. The van der Waals surface area contributed by atoms with Crippen LogP contribution in [-0.4, -0.2) is 23.2 Å². The van der Waals surface area contributed by atoms with Gasteiger partial charge < -0.3 is 9.84 Å². The minimum atomic E-state index is -0.749. The van der Waals surface area contributed by atoms with Gasteiger partial charge in [0.2, 0.25) is 11.0 Å². The van der Waals surface area contributed by atoms with Crippen LogP contribution >= 0.6 is 0 Å². The normalized spacial score (nSPS) is 11.0. The number of methoxy groups -OCH3 is 1. The molecule has 0 aliphatic heterocycles. The topological polar surface area (TPSA) is 63.3 Å². The van der Waals surface area contributed by atoms with Gasteiger partial charge in [-0.15, -0.1) is 0 Å². The van der Waals surface area contributed by atoms with Crippen LogP contribution in [0.15, 0.2) is 42.5 Å². The number of para-hydroxylation sites is 3. The fourth-order valence-electron chi connectivity index (χ4n) is 2.83. The van der Waals surface area contributed by atoms with E-state index in [1.165, 1.54) is 0 Å². The number of aliphatic carboxylic acids is 1.